The van der Waals surface area contributed by atoms with Crippen LogP contribution in [0.15, 0.2) is 22.7 Å². The number of hydrogen-bond acceptors (Lipinski definition) is 2. The van der Waals surface area contributed by atoms with E-state index in [-0.39, 0.29) is 6.42 Å². The van der Waals surface area contributed by atoms with Gasteiger partial charge in [-0.15, -0.1) is 0 Å². The maximum atomic E-state index is 10.5. The highest BCUT2D eigenvalue weighted by Gasteiger charge is 1.99. The van der Waals surface area contributed by atoms with E-state index < -0.39 is 5.91 Å². The van der Waals surface area contributed by atoms with Crippen molar-refractivity contribution in [1.82, 2.24) is 0 Å². The standard InChI is InChI=1S/C11H10BrNO2/c1-15-10-7-9(12)6-5-8(10)3-2-4-11(13)14/h5-7H,4H2,1H3,(H2,13,14). The summed E-state index contributed by atoms with van der Waals surface area (Å²) in [6.07, 6.45) is 0.0548. The molecule has 4 heteroatoms. The number of amides is 1. The van der Waals surface area contributed by atoms with Gasteiger partial charge < -0.3 is 10.5 Å². The highest BCUT2D eigenvalue weighted by atomic mass is 79.9. The van der Waals surface area contributed by atoms with E-state index in [1.54, 1.807) is 7.11 Å². The minimum Gasteiger partial charge on any atom is -0.495 e. The van der Waals surface area contributed by atoms with E-state index in [0.717, 1.165) is 10.0 Å². The second kappa shape index (κ2) is 5.42. The molecule has 0 aliphatic rings. The molecule has 1 aromatic carbocycles. The summed E-state index contributed by atoms with van der Waals surface area (Å²) in [7, 11) is 1.57. The normalized spacial score (nSPS) is 8.93. The summed E-state index contributed by atoms with van der Waals surface area (Å²) >= 11 is 3.33. The van der Waals surface area contributed by atoms with Crippen LogP contribution in [0, 0.1) is 11.8 Å². The monoisotopic (exact) mass is 267 g/mol. The van der Waals surface area contributed by atoms with E-state index >= 15 is 0 Å². The maximum Gasteiger partial charge on any atom is 0.229 e. The average molecular weight is 268 g/mol. The van der Waals surface area contributed by atoms with Crippen LogP contribution in [0.3, 0.4) is 0 Å². The number of hydrogen-bond donors (Lipinski definition) is 1. The Morgan fingerprint density at radius 1 is 1.60 bits per heavy atom. The van der Waals surface area contributed by atoms with Gasteiger partial charge >= 0.3 is 0 Å². The first kappa shape index (κ1) is 11.6. The van der Waals surface area contributed by atoms with Crippen LogP contribution in [0.25, 0.3) is 0 Å². The van der Waals surface area contributed by atoms with E-state index in [1.165, 1.54) is 0 Å². The van der Waals surface area contributed by atoms with Crippen molar-refractivity contribution in [3.05, 3.63) is 28.2 Å². The molecule has 2 N–H and O–H groups in total. The van der Waals surface area contributed by atoms with Crippen molar-refractivity contribution in [1.29, 1.82) is 0 Å². The molecule has 0 fully saturated rings. The molecule has 0 radical (unpaired) electrons. The summed E-state index contributed by atoms with van der Waals surface area (Å²) in [6, 6.07) is 5.49. The van der Waals surface area contributed by atoms with Gasteiger partial charge in [-0.25, -0.2) is 0 Å². The third-order valence-electron chi connectivity index (χ3n) is 1.65. The van der Waals surface area contributed by atoms with Crippen LogP contribution in [0.1, 0.15) is 12.0 Å². The van der Waals surface area contributed by atoms with E-state index in [0.29, 0.717) is 5.75 Å². The largest absolute Gasteiger partial charge is 0.495 e. The highest BCUT2D eigenvalue weighted by Crippen LogP contribution is 2.22. The van der Waals surface area contributed by atoms with Gasteiger partial charge in [-0.05, 0) is 18.2 Å². The van der Waals surface area contributed by atoms with E-state index in [4.69, 9.17) is 10.5 Å². The van der Waals surface area contributed by atoms with Gasteiger partial charge in [0.25, 0.3) is 0 Å². The van der Waals surface area contributed by atoms with Crippen molar-refractivity contribution in [3.8, 4) is 17.6 Å². The first-order valence-electron chi connectivity index (χ1n) is 4.24. The number of ether oxygens (including phenoxy) is 1. The molecular formula is C11H10BrNO2. The molecule has 0 saturated heterocycles. The van der Waals surface area contributed by atoms with Gasteiger partial charge in [0.05, 0.1) is 19.1 Å². The second-order valence-electron chi connectivity index (χ2n) is 2.79. The quantitative estimate of drug-likeness (QED) is 0.830. The van der Waals surface area contributed by atoms with E-state index in [1.807, 2.05) is 18.2 Å². The van der Waals surface area contributed by atoms with Crippen molar-refractivity contribution < 1.29 is 9.53 Å². The molecule has 0 aliphatic carbocycles. The number of nitrogens with two attached hydrogens (primary N) is 1. The maximum absolute atomic E-state index is 10.5. The first-order valence-corrected chi connectivity index (χ1v) is 5.03. The molecule has 3 nitrogen and oxygen atoms in total. The molecule has 1 aromatic rings. The summed E-state index contributed by atoms with van der Waals surface area (Å²) < 4.78 is 6.05. The van der Waals surface area contributed by atoms with Crippen molar-refractivity contribution in [2.45, 2.75) is 6.42 Å². The lowest BCUT2D eigenvalue weighted by atomic mass is 10.2. The molecule has 1 rings (SSSR count). The molecule has 0 spiro atoms. The Labute approximate surface area is 96.7 Å². The third kappa shape index (κ3) is 3.64. The predicted octanol–water partition coefficient (Wildman–Crippen LogP) is 1.68. The number of benzene rings is 1. The van der Waals surface area contributed by atoms with Gasteiger partial charge in [-0.2, -0.15) is 0 Å². The van der Waals surface area contributed by atoms with Gasteiger partial charge in [-0.3, -0.25) is 4.79 Å². The molecule has 78 valence electrons. The minimum atomic E-state index is -0.432. The lowest BCUT2D eigenvalue weighted by Crippen LogP contribution is -2.08. The Bertz CT molecular complexity index is 432. The van der Waals surface area contributed by atoms with Crippen LogP contribution in [0.2, 0.25) is 0 Å². The van der Waals surface area contributed by atoms with Crippen LogP contribution in [0.5, 0.6) is 5.75 Å². The molecular weight excluding hydrogens is 258 g/mol. The van der Waals surface area contributed by atoms with Crippen LogP contribution >= 0.6 is 15.9 Å². The lowest BCUT2D eigenvalue weighted by molar-refractivity contribution is -0.117. The molecule has 1 amide bonds. The Balaban J connectivity index is 2.92. The van der Waals surface area contributed by atoms with Crippen LogP contribution in [-0.4, -0.2) is 13.0 Å². The lowest BCUT2D eigenvalue weighted by Gasteiger charge is -2.02. The van der Waals surface area contributed by atoms with E-state index in [2.05, 4.69) is 27.8 Å². The summed E-state index contributed by atoms with van der Waals surface area (Å²) in [5, 5.41) is 0. The number of carbonyl (C=O) groups is 1. The predicted molar refractivity (Wildman–Crippen MR) is 61.4 cm³/mol. The van der Waals surface area contributed by atoms with Gasteiger partial charge in [0.1, 0.15) is 5.75 Å². The van der Waals surface area contributed by atoms with Crippen LogP contribution in [0.4, 0.5) is 0 Å². The molecule has 15 heavy (non-hydrogen) atoms. The van der Waals surface area contributed by atoms with Gasteiger partial charge in [0.15, 0.2) is 0 Å². The summed E-state index contributed by atoms with van der Waals surface area (Å²) in [6.45, 7) is 0. The zero-order valence-corrected chi connectivity index (χ0v) is 9.80. The molecule has 0 aromatic heterocycles. The Morgan fingerprint density at radius 2 is 2.33 bits per heavy atom. The minimum absolute atomic E-state index is 0.0548. The number of methoxy groups -OCH3 is 1. The molecule has 0 aliphatic heterocycles. The summed E-state index contributed by atoms with van der Waals surface area (Å²) in [5.41, 5.74) is 5.71. The molecule has 0 unspecified atom stereocenters. The fraction of sp³-hybridized carbons (Fsp3) is 0.182. The molecule has 0 bridgehead atoms. The van der Waals surface area contributed by atoms with Crippen molar-refractivity contribution in [2.24, 2.45) is 5.73 Å². The zero-order chi connectivity index (χ0) is 11.3. The van der Waals surface area contributed by atoms with E-state index in [9.17, 15) is 4.79 Å². The van der Waals surface area contributed by atoms with Crippen molar-refractivity contribution >= 4 is 21.8 Å². The Hall–Kier alpha value is -1.47. The summed E-state index contributed by atoms with van der Waals surface area (Å²) in [5.74, 6) is 5.74. The number of rotatable bonds is 2. The van der Waals surface area contributed by atoms with Gasteiger partial charge in [0.2, 0.25) is 5.91 Å². The SMILES string of the molecule is COc1cc(Br)ccc1C#CCC(N)=O. The zero-order valence-electron chi connectivity index (χ0n) is 8.21. The highest BCUT2D eigenvalue weighted by molar-refractivity contribution is 9.10. The number of primary amides is 1. The molecule has 0 heterocycles. The fourth-order valence-electron chi connectivity index (χ4n) is 0.995. The number of halogens is 1. The van der Waals surface area contributed by atoms with Crippen molar-refractivity contribution in [2.75, 3.05) is 7.11 Å². The Kier molecular flexibility index (Phi) is 4.19. The molecule has 0 atom stereocenters. The van der Waals surface area contributed by atoms with Gasteiger partial charge in [-0.1, -0.05) is 27.8 Å². The smallest absolute Gasteiger partial charge is 0.229 e. The van der Waals surface area contributed by atoms with Crippen LogP contribution in [-0.2, 0) is 4.79 Å². The van der Waals surface area contributed by atoms with Crippen molar-refractivity contribution in [3.63, 3.8) is 0 Å². The number of carbonyl (C=O) groups excluding carboxylic acids is 1. The topological polar surface area (TPSA) is 52.3 Å². The third-order valence-corrected chi connectivity index (χ3v) is 2.14. The average Bonchev–Trinajstić information content (AvgIpc) is 2.19. The second-order valence-corrected chi connectivity index (χ2v) is 3.71. The Morgan fingerprint density at radius 3 is 2.93 bits per heavy atom. The molecule has 0 saturated carbocycles. The first-order chi connectivity index (χ1) is 7.13. The van der Waals surface area contributed by atoms with Crippen LogP contribution < -0.4 is 10.5 Å². The van der Waals surface area contributed by atoms with Gasteiger partial charge in [0, 0.05) is 4.47 Å². The summed E-state index contributed by atoms with van der Waals surface area (Å²) in [4.78, 5) is 10.5. The fourth-order valence-corrected chi connectivity index (χ4v) is 1.33.